The number of rotatable bonds is 7. The Bertz CT molecular complexity index is 841. The van der Waals surface area contributed by atoms with E-state index in [4.69, 9.17) is 4.74 Å². The number of hydrogen-bond acceptors (Lipinski definition) is 1. The highest BCUT2D eigenvalue weighted by atomic mass is 19.2. The summed E-state index contributed by atoms with van der Waals surface area (Å²) in [5, 5.41) is 0. The number of benzene rings is 1. The minimum atomic E-state index is -0.867. The van der Waals surface area contributed by atoms with Crippen molar-refractivity contribution in [3.05, 3.63) is 66.3 Å². The van der Waals surface area contributed by atoms with Crippen LogP contribution in [0, 0.1) is 41.2 Å². The molecule has 2 saturated carbocycles. The fraction of sp³-hybridized carbons (Fsp3) is 0.600. The first kappa shape index (κ1) is 24.2. The average Bonchev–Trinajstić information content (AvgIpc) is 2.87. The maximum Gasteiger partial charge on any atom is 0.200 e. The van der Waals surface area contributed by atoms with Crippen LogP contribution < -0.4 is 4.74 Å². The first-order chi connectivity index (χ1) is 16.1. The molecule has 0 amide bonds. The van der Waals surface area contributed by atoms with Crippen molar-refractivity contribution < 1.29 is 13.5 Å². The van der Waals surface area contributed by atoms with E-state index in [-0.39, 0.29) is 11.7 Å². The van der Waals surface area contributed by atoms with Crippen LogP contribution >= 0.6 is 0 Å². The number of hydrogen-bond donors (Lipinski definition) is 0. The molecule has 1 aromatic rings. The van der Waals surface area contributed by atoms with Crippen molar-refractivity contribution in [1.82, 2.24) is 0 Å². The lowest BCUT2D eigenvalue weighted by molar-refractivity contribution is 0.166. The van der Waals surface area contributed by atoms with Crippen molar-refractivity contribution in [1.29, 1.82) is 0 Å². The summed E-state index contributed by atoms with van der Waals surface area (Å²) in [6, 6.07) is 3.23. The van der Waals surface area contributed by atoms with Gasteiger partial charge < -0.3 is 4.74 Å². The van der Waals surface area contributed by atoms with Crippen molar-refractivity contribution in [2.24, 2.45) is 29.6 Å². The van der Waals surface area contributed by atoms with Gasteiger partial charge in [-0.1, -0.05) is 36.4 Å². The second kappa shape index (κ2) is 11.5. The molecule has 3 aliphatic carbocycles. The topological polar surface area (TPSA) is 9.23 Å². The van der Waals surface area contributed by atoms with Gasteiger partial charge in [-0.15, -0.1) is 6.58 Å². The summed E-state index contributed by atoms with van der Waals surface area (Å²) < 4.78 is 34.0. The molecular weight excluding hydrogens is 414 g/mol. The molecule has 33 heavy (non-hydrogen) atoms. The zero-order chi connectivity index (χ0) is 23.2. The third-order valence-corrected chi connectivity index (χ3v) is 8.44. The first-order valence-corrected chi connectivity index (χ1v) is 13.2. The lowest BCUT2D eigenvalue weighted by Crippen LogP contribution is -2.25. The fourth-order valence-corrected chi connectivity index (χ4v) is 6.32. The SMILES string of the molecule is C=CC1CCC(C2CCC(/C=C/C3C=CC(c4ccc(OCC)c(F)c4F)CC3)CC2)CC1. The van der Waals surface area contributed by atoms with Crippen molar-refractivity contribution in [3.63, 3.8) is 0 Å². The molecule has 2 atom stereocenters. The molecule has 2 fully saturated rings. The quantitative estimate of drug-likeness (QED) is 0.374. The van der Waals surface area contributed by atoms with Crippen LogP contribution in [-0.2, 0) is 0 Å². The van der Waals surface area contributed by atoms with Gasteiger partial charge in [-0.3, -0.25) is 0 Å². The highest BCUT2D eigenvalue weighted by molar-refractivity contribution is 5.35. The molecule has 1 aromatic carbocycles. The number of ether oxygens (including phenoxy) is 1. The molecule has 3 heteroatoms. The Labute approximate surface area is 199 Å². The predicted octanol–water partition coefficient (Wildman–Crippen LogP) is 8.77. The van der Waals surface area contributed by atoms with Gasteiger partial charge >= 0.3 is 0 Å². The maximum atomic E-state index is 14.6. The Morgan fingerprint density at radius 1 is 0.818 bits per heavy atom. The van der Waals surface area contributed by atoms with Crippen LogP contribution in [0.5, 0.6) is 5.75 Å². The van der Waals surface area contributed by atoms with E-state index in [1.54, 1.807) is 19.1 Å². The Morgan fingerprint density at radius 3 is 2.06 bits per heavy atom. The Hall–Kier alpha value is -1.90. The van der Waals surface area contributed by atoms with Gasteiger partial charge in [-0.25, -0.2) is 4.39 Å². The standard InChI is InChI=1S/C30H40F2O/c1-3-21-7-13-24(14-8-21)25-15-9-22(10-16-25)5-6-23-11-17-26(18-12-23)27-19-20-28(33-4-2)30(32)29(27)31/h3,5-6,11,17,19-26H,1,4,7-10,12-16,18H2,2H3/b6-5+. The van der Waals surface area contributed by atoms with Crippen molar-refractivity contribution >= 4 is 0 Å². The van der Waals surface area contributed by atoms with Gasteiger partial charge in [0.15, 0.2) is 11.6 Å². The molecular formula is C30H40F2O. The van der Waals surface area contributed by atoms with E-state index in [0.29, 0.717) is 24.0 Å². The van der Waals surface area contributed by atoms with Gasteiger partial charge in [0.25, 0.3) is 0 Å². The molecule has 0 heterocycles. The zero-order valence-electron chi connectivity index (χ0n) is 20.2. The van der Waals surface area contributed by atoms with E-state index in [9.17, 15) is 8.78 Å². The number of allylic oxidation sites excluding steroid dienone is 5. The predicted molar refractivity (Wildman–Crippen MR) is 132 cm³/mol. The molecule has 3 aliphatic rings. The van der Waals surface area contributed by atoms with Crippen molar-refractivity contribution in [3.8, 4) is 5.75 Å². The summed E-state index contributed by atoms with van der Waals surface area (Å²) in [6.07, 6.45) is 23.9. The highest BCUT2D eigenvalue weighted by Gasteiger charge is 2.30. The van der Waals surface area contributed by atoms with Gasteiger partial charge in [0.1, 0.15) is 0 Å². The Balaban J connectivity index is 1.25. The van der Waals surface area contributed by atoms with Gasteiger partial charge in [-0.05, 0) is 112 Å². The Morgan fingerprint density at radius 2 is 1.48 bits per heavy atom. The molecule has 0 radical (unpaired) electrons. The minimum Gasteiger partial charge on any atom is -0.491 e. The molecule has 0 bridgehead atoms. The van der Waals surface area contributed by atoms with Crippen LogP contribution in [0.1, 0.15) is 82.6 Å². The number of halogens is 2. The maximum absolute atomic E-state index is 14.6. The largest absolute Gasteiger partial charge is 0.491 e. The molecule has 180 valence electrons. The lowest BCUT2D eigenvalue weighted by Gasteiger charge is -2.37. The Kier molecular flexibility index (Phi) is 8.44. The van der Waals surface area contributed by atoms with Crippen LogP contribution in [0.3, 0.4) is 0 Å². The molecule has 0 spiro atoms. The van der Waals surface area contributed by atoms with Gasteiger partial charge in [0.05, 0.1) is 6.61 Å². The summed E-state index contributed by atoms with van der Waals surface area (Å²) in [5.41, 5.74) is 0.440. The van der Waals surface area contributed by atoms with Gasteiger partial charge in [-0.2, -0.15) is 4.39 Å². The van der Waals surface area contributed by atoms with Gasteiger partial charge in [0.2, 0.25) is 5.82 Å². The minimum absolute atomic E-state index is 0.00137. The van der Waals surface area contributed by atoms with E-state index in [1.165, 1.54) is 51.4 Å². The zero-order valence-corrected chi connectivity index (χ0v) is 20.2. The monoisotopic (exact) mass is 454 g/mol. The fourth-order valence-electron chi connectivity index (χ4n) is 6.32. The normalized spacial score (nSPS) is 32.7. The van der Waals surface area contributed by atoms with Crippen LogP contribution in [0.2, 0.25) is 0 Å². The molecule has 0 aliphatic heterocycles. The van der Waals surface area contributed by atoms with Crippen LogP contribution in [-0.4, -0.2) is 6.61 Å². The van der Waals surface area contributed by atoms with E-state index in [2.05, 4.69) is 37.0 Å². The molecule has 1 nitrogen and oxygen atoms in total. The van der Waals surface area contributed by atoms with E-state index in [0.717, 1.165) is 30.6 Å². The van der Waals surface area contributed by atoms with E-state index >= 15 is 0 Å². The van der Waals surface area contributed by atoms with E-state index < -0.39 is 11.6 Å². The van der Waals surface area contributed by atoms with Crippen molar-refractivity contribution in [2.75, 3.05) is 6.61 Å². The highest BCUT2D eigenvalue weighted by Crippen LogP contribution is 2.42. The molecule has 2 unspecified atom stereocenters. The molecule has 0 N–H and O–H groups in total. The van der Waals surface area contributed by atoms with Gasteiger partial charge in [0, 0.05) is 5.92 Å². The van der Waals surface area contributed by atoms with E-state index in [1.807, 2.05) is 0 Å². The van der Waals surface area contributed by atoms with Crippen LogP contribution in [0.15, 0.2) is 49.1 Å². The average molecular weight is 455 g/mol. The van der Waals surface area contributed by atoms with Crippen molar-refractivity contribution in [2.45, 2.75) is 77.0 Å². The van der Waals surface area contributed by atoms with Crippen LogP contribution in [0.25, 0.3) is 0 Å². The third-order valence-electron chi connectivity index (χ3n) is 8.44. The summed E-state index contributed by atoms with van der Waals surface area (Å²) in [6.45, 7) is 6.07. The summed E-state index contributed by atoms with van der Waals surface area (Å²) in [5.74, 6) is 2.04. The second-order valence-electron chi connectivity index (χ2n) is 10.4. The smallest absolute Gasteiger partial charge is 0.200 e. The molecule has 0 saturated heterocycles. The first-order valence-electron chi connectivity index (χ1n) is 13.2. The van der Waals surface area contributed by atoms with Crippen LogP contribution in [0.4, 0.5) is 8.78 Å². The molecule has 4 rings (SSSR count). The lowest BCUT2D eigenvalue weighted by atomic mass is 9.69. The summed E-state index contributed by atoms with van der Waals surface area (Å²) >= 11 is 0. The summed E-state index contributed by atoms with van der Waals surface area (Å²) in [7, 11) is 0. The third kappa shape index (κ3) is 5.97. The second-order valence-corrected chi connectivity index (χ2v) is 10.4. The summed E-state index contributed by atoms with van der Waals surface area (Å²) in [4.78, 5) is 0. The molecule has 0 aromatic heterocycles.